The van der Waals surface area contributed by atoms with Crippen LogP contribution < -0.4 is 9.80 Å². The Bertz CT molecular complexity index is 1290. The predicted octanol–water partition coefficient (Wildman–Crippen LogP) is 4.76. The second kappa shape index (κ2) is 17.1. The summed E-state index contributed by atoms with van der Waals surface area (Å²) >= 11 is 0. The molecule has 0 saturated carbocycles. The van der Waals surface area contributed by atoms with Crippen molar-refractivity contribution in [1.29, 1.82) is 0 Å². The Kier molecular flexibility index (Phi) is 13.6. The van der Waals surface area contributed by atoms with E-state index in [4.69, 9.17) is 19.7 Å². The molecule has 2 aromatic rings. The molecule has 0 radical (unpaired) electrons. The largest absolute Gasteiger partial charge is 0.444 e. The topological polar surface area (TPSA) is 106 Å². The lowest BCUT2D eigenvalue weighted by atomic mass is 10.1. The van der Waals surface area contributed by atoms with Crippen LogP contribution in [-0.2, 0) is 15.9 Å². The van der Waals surface area contributed by atoms with E-state index in [-0.39, 0.29) is 25.4 Å². The summed E-state index contributed by atoms with van der Waals surface area (Å²) in [4.78, 5) is 32.2. The van der Waals surface area contributed by atoms with Crippen LogP contribution in [-0.4, -0.2) is 109 Å². The first-order valence-corrected chi connectivity index (χ1v) is 16.1. The minimum absolute atomic E-state index is 0.131. The van der Waals surface area contributed by atoms with Crippen LogP contribution in [0, 0.1) is 11.8 Å². The maximum atomic E-state index is 12.1. The molecule has 10 nitrogen and oxygen atoms in total. The van der Waals surface area contributed by atoms with E-state index >= 15 is 0 Å². The molecule has 0 unspecified atom stereocenters. The van der Waals surface area contributed by atoms with Crippen molar-refractivity contribution in [3.63, 3.8) is 0 Å². The van der Waals surface area contributed by atoms with Crippen LogP contribution >= 0.6 is 0 Å². The van der Waals surface area contributed by atoms with Crippen molar-refractivity contribution in [1.82, 2.24) is 9.80 Å². The summed E-state index contributed by atoms with van der Waals surface area (Å²) in [5, 5.41) is 17.6. The lowest BCUT2D eigenvalue weighted by Crippen LogP contribution is -2.50. The lowest BCUT2D eigenvalue weighted by molar-refractivity contribution is 0.0230. The SMILES string of the molecule is CC(C)(C)OC(=O)N1CCN(c2ccc(C#CCO)cc2)CC1.CC(C)(C)OC(=O)N1CCN(c2ccc(CCCO)cc2)CC1. The number of aliphatic hydroxyl groups is 2. The van der Waals surface area contributed by atoms with Gasteiger partial charge in [-0.2, -0.15) is 0 Å². The third kappa shape index (κ3) is 12.5. The molecule has 10 heteroatoms. The van der Waals surface area contributed by atoms with Gasteiger partial charge in [-0.3, -0.25) is 0 Å². The first kappa shape index (κ1) is 36.5. The van der Waals surface area contributed by atoms with Crippen molar-refractivity contribution >= 4 is 23.6 Å². The highest BCUT2D eigenvalue weighted by Gasteiger charge is 2.27. The second-order valence-electron chi connectivity index (χ2n) is 13.4. The predicted molar refractivity (Wildman–Crippen MR) is 182 cm³/mol. The minimum atomic E-state index is -0.459. The fourth-order valence-corrected chi connectivity index (χ4v) is 5.00. The van der Waals surface area contributed by atoms with Crippen LogP contribution in [0.5, 0.6) is 0 Å². The van der Waals surface area contributed by atoms with Crippen molar-refractivity contribution in [3.8, 4) is 11.8 Å². The summed E-state index contributed by atoms with van der Waals surface area (Å²) in [5.41, 5.74) is 3.52. The smallest absolute Gasteiger partial charge is 0.410 e. The highest BCUT2D eigenvalue weighted by molar-refractivity contribution is 5.69. The van der Waals surface area contributed by atoms with Crippen LogP contribution in [0.15, 0.2) is 48.5 Å². The van der Waals surface area contributed by atoms with Crippen molar-refractivity contribution in [2.24, 2.45) is 0 Å². The molecule has 46 heavy (non-hydrogen) atoms. The van der Waals surface area contributed by atoms with Gasteiger partial charge in [0.15, 0.2) is 0 Å². The van der Waals surface area contributed by atoms with E-state index in [9.17, 15) is 9.59 Å². The third-order valence-electron chi connectivity index (χ3n) is 7.33. The Labute approximate surface area is 274 Å². The number of carbonyl (C=O) groups is 2. The number of ether oxygens (including phenoxy) is 2. The quantitative estimate of drug-likeness (QED) is 0.453. The molecule has 0 aromatic heterocycles. The van der Waals surface area contributed by atoms with Gasteiger partial charge in [-0.1, -0.05) is 24.0 Å². The van der Waals surface area contributed by atoms with Gasteiger partial charge in [-0.15, -0.1) is 0 Å². The van der Waals surface area contributed by atoms with Gasteiger partial charge in [-0.25, -0.2) is 9.59 Å². The molecular formula is C36H52N4O6. The van der Waals surface area contributed by atoms with Gasteiger partial charge in [0.2, 0.25) is 0 Å². The number of aryl methyl sites for hydroxylation is 1. The standard InChI is InChI=1S/C18H28N2O3.C18H24N2O3/c2*1-18(2,3)23-17(22)20-12-10-19(11-13-20)16-8-6-15(7-9-16)5-4-14-21/h6-9,21H,4-5,10-14H2,1-3H3;6-9,21H,10-14H2,1-3H3. The minimum Gasteiger partial charge on any atom is -0.444 e. The first-order chi connectivity index (χ1) is 21.8. The van der Waals surface area contributed by atoms with E-state index in [1.807, 2.05) is 65.8 Å². The van der Waals surface area contributed by atoms with Crippen LogP contribution in [0.1, 0.15) is 59.1 Å². The molecule has 2 aliphatic rings. The summed E-state index contributed by atoms with van der Waals surface area (Å²) in [6.45, 7) is 17.3. The van der Waals surface area contributed by atoms with E-state index in [1.54, 1.807) is 9.80 Å². The number of hydrogen-bond donors (Lipinski definition) is 2. The molecule has 0 atom stereocenters. The summed E-state index contributed by atoms with van der Waals surface area (Å²) in [5.74, 6) is 5.51. The molecule has 2 N–H and O–H groups in total. The van der Waals surface area contributed by atoms with Crippen molar-refractivity contribution in [2.75, 3.05) is 75.4 Å². The van der Waals surface area contributed by atoms with Crippen molar-refractivity contribution in [2.45, 2.75) is 65.6 Å². The molecular weight excluding hydrogens is 584 g/mol. The molecule has 0 aliphatic carbocycles. The summed E-state index contributed by atoms with van der Waals surface area (Å²) < 4.78 is 10.8. The average Bonchev–Trinajstić information content (AvgIpc) is 3.02. The number of carbonyl (C=O) groups excluding carboxylic acids is 2. The van der Waals surface area contributed by atoms with E-state index in [1.165, 1.54) is 11.3 Å². The van der Waals surface area contributed by atoms with Gasteiger partial charge in [0.05, 0.1) is 0 Å². The van der Waals surface area contributed by atoms with Gasteiger partial charge in [-0.05, 0) is 96.3 Å². The van der Waals surface area contributed by atoms with Gasteiger partial charge in [0.25, 0.3) is 0 Å². The molecule has 252 valence electrons. The Balaban J connectivity index is 0.000000250. The zero-order valence-electron chi connectivity index (χ0n) is 28.4. The van der Waals surface area contributed by atoms with E-state index < -0.39 is 11.2 Å². The molecule has 2 saturated heterocycles. The summed E-state index contributed by atoms with van der Waals surface area (Å²) in [6.07, 6.45) is 1.24. The van der Waals surface area contributed by atoms with Crippen molar-refractivity contribution < 1.29 is 29.3 Å². The van der Waals surface area contributed by atoms with Crippen molar-refractivity contribution in [3.05, 3.63) is 59.7 Å². The Morgan fingerprint density at radius 2 is 1.09 bits per heavy atom. The van der Waals surface area contributed by atoms with Gasteiger partial charge >= 0.3 is 12.2 Å². The second-order valence-corrected chi connectivity index (χ2v) is 13.4. The molecule has 2 fully saturated rings. The van der Waals surface area contributed by atoms with Gasteiger partial charge in [0, 0.05) is 75.9 Å². The normalized spacial score (nSPS) is 15.3. The van der Waals surface area contributed by atoms with E-state index in [0.717, 1.165) is 50.3 Å². The number of nitrogens with zero attached hydrogens (tertiary/aromatic N) is 4. The zero-order valence-corrected chi connectivity index (χ0v) is 28.4. The average molecular weight is 637 g/mol. The molecule has 0 spiro atoms. The Morgan fingerprint density at radius 3 is 1.46 bits per heavy atom. The summed E-state index contributed by atoms with van der Waals surface area (Å²) in [6, 6.07) is 16.4. The third-order valence-corrected chi connectivity index (χ3v) is 7.33. The number of piperazine rings is 2. The fraction of sp³-hybridized carbons (Fsp3) is 0.556. The number of amides is 2. The van der Waals surface area contributed by atoms with Gasteiger partial charge < -0.3 is 39.3 Å². The maximum Gasteiger partial charge on any atom is 0.410 e. The van der Waals surface area contributed by atoms with Gasteiger partial charge in [0.1, 0.15) is 17.8 Å². The van der Waals surface area contributed by atoms with E-state index in [0.29, 0.717) is 26.2 Å². The fourth-order valence-electron chi connectivity index (χ4n) is 5.00. The first-order valence-electron chi connectivity index (χ1n) is 16.1. The zero-order chi connectivity index (χ0) is 33.7. The highest BCUT2D eigenvalue weighted by atomic mass is 16.6. The molecule has 4 rings (SSSR count). The van der Waals surface area contributed by atoms with Crippen LogP contribution in [0.3, 0.4) is 0 Å². The molecule has 2 heterocycles. The monoisotopic (exact) mass is 636 g/mol. The lowest BCUT2D eigenvalue weighted by Gasteiger charge is -2.36. The number of anilines is 2. The molecule has 0 bridgehead atoms. The number of benzene rings is 2. The van der Waals surface area contributed by atoms with Crippen LogP contribution in [0.4, 0.5) is 21.0 Å². The van der Waals surface area contributed by atoms with Crippen LogP contribution in [0.25, 0.3) is 0 Å². The summed E-state index contributed by atoms with van der Waals surface area (Å²) in [7, 11) is 0. The molecule has 2 aromatic carbocycles. The number of rotatable bonds is 5. The Hall–Kier alpha value is -3.94. The Morgan fingerprint density at radius 1 is 0.674 bits per heavy atom. The molecule has 2 aliphatic heterocycles. The highest BCUT2D eigenvalue weighted by Crippen LogP contribution is 2.20. The molecule has 2 amide bonds. The van der Waals surface area contributed by atoms with E-state index in [2.05, 4.69) is 45.9 Å². The number of aliphatic hydroxyl groups excluding tert-OH is 2. The van der Waals surface area contributed by atoms with Crippen LogP contribution in [0.2, 0.25) is 0 Å². The maximum absolute atomic E-state index is 12.1. The number of hydrogen-bond acceptors (Lipinski definition) is 8.